The molecule has 0 saturated carbocycles. The van der Waals surface area contributed by atoms with E-state index in [9.17, 15) is 17.6 Å². The number of carbonyl (C=O) groups is 1. The molecule has 0 aliphatic rings. The minimum atomic E-state index is -4.31. The van der Waals surface area contributed by atoms with Crippen LogP contribution in [0.2, 0.25) is 0 Å². The highest BCUT2D eigenvalue weighted by molar-refractivity contribution is 7.86. The van der Waals surface area contributed by atoms with E-state index in [1.54, 1.807) is 0 Å². The summed E-state index contributed by atoms with van der Waals surface area (Å²) in [4.78, 5) is 9.98. The Kier molecular flexibility index (Phi) is 3.40. The molecule has 11 heavy (non-hydrogen) atoms. The lowest BCUT2D eigenvalue weighted by Crippen LogP contribution is -2.24. The molecule has 0 amide bonds. The Bertz CT molecular complexity index is 233. The number of carboxylic acids is 1. The molecular weight excluding hydrogens is 179 g/mol. The van der Waals surface area contributed by atoms with Crippen molar-refractivity contribution in [2.45, 2.75) is 13.0 Å². The predicted octanol–water partition coefficient (Wildman–Crippen LogP) is -0.267. The van der Waals surface area contributed by atoms with Gasteiger partial charge in [0.25, 0.3) is 10.1 Å². The standard InChI is InChI=1S/C4H7FO5S/c1-3(4(6)7)10-11(8,9)2-5/h3H,2H2,1H3,(H,6,7). The number of carboxylic acid groups (broad SMARTS) is 1. The number of hydrogen-bond donors (Lipinski definition) is 1. The Labute approximate surface area is 62.9 Å². The van der Waals surface area contributed by atoms with E-state index >= 15 is 0 Å². The van der Waals surface area contributed by atoms with Crippen LogP contribution in [0.4, 0.5) is 4.39 Å². The fourth-order valence-corrected chi connectivity index (χ4v) is 0.860. The van der Waals surface area contributed by atoms with Gasteiger partial charge in [-0.25, -0.2) is 9.18 Å². The second-order valence-electron chi connectivity index (χ2n) is 1.74. The predicted molar refractivity (Wildman–Crippen MR) is 33.1 cm³/mol. The summed E-state index contributed by atoms with van der Waals surface area (Å²) in [5, 5.41) is 8.13. The van der Waals surface area contributed by atoms with Gasteiger partial charge in [-0.2, -0.15) is 8.42 Å². The molecule has 0 heterocycles. The van der Waals surface area contributed by atoms with E-state index in [-0.39, 0.29) is 0 Å². The fraction of sp³-hybridized carbons (Fsp3) is 0.750. The summed E-state index contributed by atoms with van der Waals surface area (Å²) in [6, 6.07) is -1.72. The van der Waals surface area contributed by atoms with E-state index in [0.717, 1.165) is 6.92 Å². The van der Waals surface area contributed by atoms with E-state index in [0.29, 0.717) is 0 Å². The van der Waals surface area contributed by atoms with E-state index in [4.69, 9.17) is 5.11 Å². The minimum Gasteiger partial charge on any atom is -0.479 e. The summed E-state index contributed by atoms with van der Waals surface area (Å²) in [6.45, 7) is 0.996. The molecule has 1 N–H and O–H groups in total. The second kappa shape index (κ2) is 3.63. The lowest BCUT2D eigenvalue weighted by atomic mass is 10.4. The zero-order valence-corrected chi connectivity index (χ0v) is 6.47. The number of hydrogen-bond acceptors (Lipinski definition) is 4. The van der Waals surface area contributed by atoms with Crippen LogP contribution in [0.25, 0.3) is 0 Å². The van der Waals surface area contributed by atoms with E-state index in [1.165, 1.54) is 0 Å². The van der Waals surface area contributed by atoms with Crippen LogP contribution in [-0.4, -0.2) is 31.6 Å². The molecular formula is C4H7FO5S. The molecule has 66 valence electrons. The molecule has 0 rings (SSSR count). The van der Waals surface area contributed by atoms with Crippen molar-refractivity contribution in [3.8, 4) is 0 Å². The highest BCUT2D eigenvalue weighted by Gasteiger charge is 2.20. The lowest BCUT2D eigenvalue weighted by molar-refractivity contribution is -0.144. The third kappa shape index (κ3) is 3.89. The van der Waals surface area contributed by atoms with Gasteiger partial charge in [0.1, 0.15) is 0 Å². The van der Waals surface area contributed by atoms with Crippen LogP contribution in [0.1, 0.15) is 6.92 Å². The highest BCUT2D eigenvalue weighted by Crippen LogP contribution is 2.00. The monoisotopic (exact) mass is 186 g/mol. The maximum atomic E-state index is 11.5. The molecule has 0 aliphatic heterocycles. The Morgan fingerprint density at radius 1 is 1.73 bits per heavy atom. The van der Waals surface area contributed by atoms with Crippen molar-refractivity contribution in [3.05, 3.63) is 0 Å². The van der Waals surface area contributed by atoms with Crippen molar-refractivity contribution in [2.75, 3.05) is 6.01 Å². The highest BCUT2D eigenvalue weighted by atomic mass is 32.2. The molecule has 0 aromatic heterocycles. The van der Waals surface area contributed by atoms with Gasteiger partial charge >= 0.3 is 5.97 Å². The van der Waals surface area contributed by atoms with Gasteiger partial charge in [0.05, 0.1) is 0 Å². The SMILES string of the molecule is CC(OS(=O)(=O)CF)C(=O)O. The van der Waals surface area contributed by atoms with Crippen LogP contribution in [0.15, 0.2) is 0 Å². The Hall–Kier alpha value is -0.690. The third-order valence-electron chi connectivity index (χ3n) is 0.772. The summed E-state index contributed by atoms with van der Waals surface area (Å²) in [6.07, 6.45) is -1.55. The van der Waals surface area contributed by atoms with Crippen LogP contribution >= 0.6 is 0 Å². The van der Waals surface area contributed by atoms with Crippen LogP contribution in [0, 0.1) is 0 Å². The smallest absolute Gasteiger partial charge is 0.334 e. The molecule has 0 aromatic carbocycles. The quantitative estimate of drug-likeness (QED) is 0.611. The van der Waals surface area contributed by atoms with E-state index in [1.807, 2.05) is 0 Å². The van der Waals surface area contributed by atoms with Crippen LogP contribution in [0.5, 0.6) is 0 Å². The van der Waals surface area contributed by atoms with E-state index in [2.05, 4.69) is 4.18 Å². The molecule has 0 aromatic rings. The molecule has 0 saturated heterocycles. The molecule has 0 fully saturated rings. The van der Waals surface area contributed by atoms with Crippen molar-refractivity contribution < 1.29 is 26.9 Å². The van der Waals surface area contributed by atoms with Crippen LogP contribution < -0.4 is 0 Å². The first-order chi connectivity index (χ1) is 4.89. The van der Waals surface area contributed by atoms with Gasteiger partial charge in [0, 0.05) is 0 Å². The van der Waals surface area contributed by atoms with Gasteiger partial charge in [-0.05, 0) is 6.92 Å². The number of alkyl halides is 1. The summed E-state index contributed by atoms with van der Waals surface area (Å²) in [7, 11) is -4.31. The van der Waals surface area contributed by atoms with Gasteiger partial charge in [0.2, 0.25) is 6.01 Å². The van der Waals surface area contributed by atoms with Crippen LogP contribution in [-0.2, 0) is 19.1 Å². The summed E-state index contributed by atoms with van der Waals surface area (Å²) in [5.74, 6) is -1.46. The van der Waals surface area contributed by atoms with Gasteiger partial charge in [-0.3, -0.25) is 4.18 Å². The average molecular weight is 186 g/mol. The summed E-state index contributed by atoms with van der Waals surface area (Å²) in [5.41, 5.74) is 0. The van der Waals surface area contributed by atoms with E-state index < -0.39 is 28.2 Å². The molecule has 1 atom stereocenters. The maximum absolute atomic E-state index is 11.5. The first kappa shape index (κ1) is 10.3. The van der Waals surface area contributed by atoms with Crippen molar-refractivity contribution in [2.24, 2.45) is 0 Å². The normalized spacial score (nSPS) is 14.4. The maximum Gasteiger partial charge on any atom is 0.334 e. The first-order valence-corrected chi connectivity index (χ1v) is 4.16. The number of rotatable bonds is 4. The van der Waals surface area contributed by atoms with Crippen molar-refractivity contribution in [3.63, 3.8) is 0 Å². The lowest BCUT2D eigenvalue weighted by Gasteiger charge is -2.04. The summed E-state index contributed by atoms with van der Waals surface area (Å²) >= 11 is 0. The zero-order valence-electron chi connectivity index (χ0n) is 5.65. The molecule has 0 aliphatic carbocycles. The number of halogens is 1. The molecule has 0 radical (unpaired) electrons. The third-order valence-corrected chi connectivity index (χ3v) is 1.62. The first-order valence-electron chi connectivity index (χ1n) is 2.59. The van der Waals surface area contributed by atoms with Crippen molar-refractivity contribution in [1.82, 2.24) is 0 Å². The van der Waals surface area contributed by atoms with Crippen molar-refractivity contribution in [1.29, 1.82) is 0 Å². The molecule has 1 unspecified atom stereocenters. The van der Waals surface area contributed by atoms with Gasteiger partial charge < -0.3 is 5.11 Å². The minimum absolute atomic E-state index is 0.996. The Morgan fingerprint density at radius 3 is 2.45 bits per heavy atom. The number of aliphatic carboxylic acids is 1. The van der Waals surface area contributed by atoms with Gasteiger partial charge in [0.15, 0.2) is 6.10 Å². The molecule has 5 nitrogen and oxygen atoms in total. The van der Waals surface area contributed by atoms with Crippen molar-refractivity contribution >= 4 is 16.1 Å². The Morgan fingerprint density at radius 2 is 2.18 bits per heavy atom. The zero-order chi connectivity index (χ0) is 9.07. The molecule has 0 spiro atoms. The van der Waals surface area contributed by atoms with Crippen LogP contribution in [0.3, 0.4) is 0 Å². The van der Waals surface area contributed by atoms with Gasteiger partial charge in [-0.15, -0.1) is 0 Å². The average Bonchev–Trinajstić information content (AvgIpc) is 1.87. The molecule has 7 heteroatoms. The summed E-state index contributed by atoms with van der Waals surface area (Å²) < 4.78 is 35.8. The second-order valence-corrected chi connectivity index (χ2v) is 3.27. The topological polar surface area (TPSA) is 80.7 Å². The fourth-order valence-electron chi connectivity index (χ4n) is 0.287. The largest absolute Gasteiger partial charge is 0.479 e. The Balaban J connectivity index is 4.16. The molecule has 0 bridgehead atoms. The van der Waals surface area contributed by atoms with Gasteiger partial charge in [-0.1, -0.05) is 0 Å².